The number of ketones is 1. The summed E-state index contributed by atoms with van der Waals surface area (Å²) in [6.45, 7) is 5.59. The number of hydrogen-bond donors (Lipinski definition) is 1. The zero-order valence-corrected chi connectivity index (χ0v) is 17.5. The molecule has 0 aliphatic rings. The molecule has 1 aromatic heterocycles. The van der Waals surface area contributed by atoms with Crippen molar-refractivity contribution in [1.29, 1.82) is 0 Å². The Morgan fingerprint density at radius 1 is 1.11 bits per heavy atom. The Morgan fingerprint density at radius 3 is 2.48 bits per heavy atom. The minimum Gasteiger partial charge on any atom is -0.454 e. The van der Waals surface area contributed by atoms with Crippen LogP contribution < -0.4 is 5.32 Å². The monoisotopic (exact) mass is 405 g/mol. The Bertz CT molecular complexity index is 837. The Labute approximate surface area is 167 Å². The molecule has 0 spiro atoms. The van der Waals surface area contributed by atoms with Gasteiger partial charge in [0.05, 0.1) is 17.0 Å². The van der Waals surface area contributed by atoms with Gasteiger partial charge in [-0.1, -0.05) is 32.9 Å². The summed E-state index contributed by atoms with van der Waals surface area (Å²) in [5.74, 6) is -0.823. The van der Waals surface area contributed by atoms with Gasteiger partial charge in [-0.25, -0.2) is 4.79 Å². The predicted molar refractivity (Wildman–Crippen MR) is 108 cm³/mol. The fourth-order valence-corrected chi connectivity index (χ4v) is 3.61. The lowest BCUT2D eigenvalue weighted by molar-refractivity contribution is -0.128. The molecule has 1 N–H and O–H groups in total. The summed E-state index contributed by atoms with van der Waals surface area (Å²) in [4.78, 5) is 38.6. The lowest BCUT2D eigenvalue weighted by atomic mass is 9.96. The molecule has 5 nitrogen and oxygen atoms in total. The summed E-state index contributed by atoms with van der Waals surface area (Å²) in [7, 11) is 0. The van der Waals surface area contributed by atoms with E-state index in [0.717, 1.165) is 9.77 Å². The number of amides is 1. The van der Waals surface area contributed by atoms with Crippen molar-refractivity contribution in [1.82, 2.24) is 5.32 Å². The van der Waals surface area contributed by atoms with Crippen LogP contribution in [0.15, 0.2) is 41.3 Å². The second kappa shape index (κ2) is 9.19. The molecule has 0 unspecified atom stereocenters. The normalized spacial score (nSPS) is 11.1. The van der Waals surface area contributed by atoms with Gasteiger partial charge in [0.25, 0.3) is 0 Å². The van der Waals surface area contributed by atoms with Gasteiger partial charge in [-0.05, 0) is 30.5 Å². The molecule has 0 bridgehead atoms. The molecular weight excluding hydrogens is 382 g/mol. The van der Waals surface area contributed by atoms with Gasteiger partial charge in [-0.15, -0.1) is 23.1 Å². The summed E-state index contributed by atoms with van der Waals surface area (Å²) >= 11 is 2.74. The SMILES string of the molecule is CSc1ccccc1C(=O)OCC(=O)c1ccc(CNC(=O)C(C)(C)C)s1. The molecule has 144 valence electrons. The predicted octanol–water partition coefficient (Wildman–Crippen LogP) is 4.17. The first-order valence-corrected chi connectivity index (χ1v) is 10.5. The number of Topliss-reactive ketones (excluding diaryl/α,β-unsaturated/α-hetero) is 1. The highest BCUT2D eigenvalue weighted by Gasteiger charge is 2.21. The average molecular weight is 406 g/mol. The molecule has 1 amide bonds. The number of rotatable bonds is 7. The minimum atomic E-state index is -0.512. The number of thiophene rings is 1. The first-order valence-electron chi connectivity index (χ1n) is 8.42. The van der Waals surface area contributed by atoms with Gasteiger partial charge in [0, 0.05) is 15.2 Å². The van der Waals surface area contributed by atoms with Crippen LogP contribution in [0.1, 0.15) is 45.7 Å². The molecule has 0 atom stereocenters. The van der Waals surface area contributed by atoms with Gasteiger partial charge in [-0.3, -0.25) is 9.59 Å². The van der Waals surface area contributed by atoms with Gasteiger partial charge in [0.1, 0.15) is 0 Å². The second-order valence-corrected chi connectivity index (χ2v) is 8.91. The molecule has 0 saturated carbocycles. The minimum absolute atomic E-state index is 0.0508. The van der Waals surface area contributed by atoms with E-state index in [-0.39, 0.29) is 18.3 Å². The maximum atomic E-state index is 12.3. The Morgan fingerprint density at radius 2 is 1.81 bits per heavy atom. The van der Waals surface area contributed by atoms with E-state index in [9.17, 15) is 14.4 Å². The van der Waals surface area contributed by atoms with Crippen molar-refractivity contribution in [2.24, 2.45) is 5.41 Å². The number of hydrogen-bond acceptors (Lipinski definition) is 6. The largest absolute Gasteiger partial charge is 0.454 e. The van der Waals surface area contributed by atoms with E-state index >= 15 is 0 Å². The average Bonchev–Trinajstić information content (AvgIpc) is 3.12. The molecule has 0 aliphatic carbocycles. The number of ether oxygens (including phenoxy) is 1. The van der Waals surface area contributed by atoms with E-state index in [2.05, 4.69) is 5.32 Å². The topological polar surface area (TPSA) is 72.5 Å². The number of benzene rings is 1. The number of esters is 1. The fourth-order valence-electron chi connectivity index (χ4n) is 2.15. The number of carbonyl (C=O) groups is 3. The van der Waals surface area contributed by atoms with Crippen molar-refractivity contribution in [3.05, 3.63) is 51.7 Å². The standard InChI is InChI=1S/C20H23NO4S2/c1-20(2,3)19(24)21-11-13-9-10-17(27-13)15(22)12-25-18(23)14-7-5-6-8-16(14)26-4/h5-10H,11-12H2,1-4H3,(H,21,24). The summed E-state index contributed by atoms with van der Waals surface area (Å²) < 4.78 is 5.17. The van der Waals surface area contributed by atoms with E-state index in [1.165, 1.54) is 23.1 Å². The maximum absolute atomic E-state index is 12.3. The van der Waals surface area contributed by atoms with E-state index in [4.69, 9.17) is 4.74 Å². The van der Waals surface area contributed by atoms with Crippen molar-refractivity contribution in [2.45, 2.75) is 32.2 Å². The van der Waals surface area contributed by atoms with Crippen LogP contribution in [-0.4, -0.2) is 30.5 Å². The third kappa shape index (κ3) is 5.94. The summed E-state index contributed by atoms with van der Waals surface area (Å²) in [5, 5.41) is 2.85. The van der Waals surface area contributed by atoms with E-state index in [0.29, 0.717) is 17.0 Å². The van der Waals surface area contributed by atoms with Gasteiger partial charge in [-0.2, -0.15) is 0 Å². The highest BCUT2D eigenvalue weighted by Crippen LogP contribution is 2.21. The molecule has 7 heteroatoms. The van der Waals surface area contributed by atoms with E-state index in [1.807, 2.05) is 39.2 Å². The van der Waals surface area contributed by atoms with Gasteiger partial charge < -0.3 is 10.1 Å². The molecule has 0 saturated heterocycles. The third-order valence-corrected chi connectivity index (χ3v) is 5.62. The third-order valence-electron chi connectivity index (χ3n) is 3.70. The Balaban J connectivity index is 1.90. The van der Waals surface area contributed by atoms with Crippen molar-refractivity contribution < 1.29 is 19.1 Å². The highest BCUT2D eigenvalue weighted by atomic mass is 32.2. The lowest BCUT2D eigenvalue weighted by Crippen LogP contribution is -2.34. The van der Waals surface area contributed by atoms with Crippen molar-refractivity contribution >= 4 is 40.8 Å². The fraction of sp³-hybridized carbons (Fsp3) is 0.350. The first-order chi connectivity index (χ1) is 12.7. The second-order valence-electron chi connectivity index (χ2n) is 6.90. The van der Waals surface area contributed by atoms with Gasteiger partial charge >= 0.3 is 5.97 Å². The van der Waals surface area contributed by atoms with Crippen LogP contribution in [0.3, 0.4) is 0 Å². The molecule has 2 aromatic rings. The molecule has 0 aliphatic heterocycles. The van der Waals surface area contributed by atoms with Crippen LogP contribution in [0.2, 0.25) is 0 Å². The van der Waals surface area contributed by atoms with Crippen molar-refractivity contribution in [2.75, 3.05) is 12.9 Å². The molecule has 27 heavy (non-hydrogen) atoms. The van der Waals surface area contributed by atoms with Crippen LogP contribution in [0.25, 0.3) is 0 Å². The van der Waals surface area contributed by atoms with Crippen molar-refractivity contribution in [3.63, 3.8) is 0 Å². The summed E-state index contributed by atoms with van der Waals surface area (Å²) in [5.41, 5.74) is -0.00784. The zero-order chi connectivity index (χ0) is 20.0. The zero-order valence-electron chi connectivity index (χ0n) is 15.8. The highest BCUT2D eigenvalue weighted by molar-refractivity contribution is 7.98. The van der Waals surface area contributed by atoms with Crippen LogP contribution >= 0.6 is 23.1 Å². The van der Waals surface area contributed by atoms with Crippen LogP contribution in [-0.2, 0) is 16.1 Å². The number of thioether (sulfide) groups is 1. The first kappa shape index (κ1) is 21.2. The maximum Gasteiger partial charge on any atom is 0.339 e. The molecular formula is C20H23NO4S2. The lowest BCUT2D eigenvalue weighted by Gasteiger charge is -2.17. The Kier molecular flexibility index (Phi) is 7.21. The smallest absolute Gasteiger partial charge is 0.339 e. The molecule has 0 fully saturated rings. The van der Waals surface area contributed by atoms with E-state index < -0.39 is 11.4 Å². The van der Waals surface area contributed by atoms with Crippen LogP contribution in [0, 0.1) is 5.41 Å². The van der Waals surface area contributed by atoms with E-state index in [1.54, 1.807) is 24.3 Å². The number of carbonyl (C=O) groups excluding carboxylic acids is 3. The van der Waals surface area contributed by atoms with Gasteiger partial charge in [0.2, 0.25) is 11.7 Å². The molecule has 2 rings (SSSR count). The number of nitrogens with one attached hydrogen (secondary N) is 1. The molecule has 1 heterocycles. The van der Waals surface area contributed by atoms with Gasteiger partial charge in [0.15, 0.2) is 6.61 Å². The van der Waals surface area contributed by atoms with Crippen LogP contribution in [0.4, 0.5) is 0 Å². The molecule has 1 aromatic carbocycles. The molecule has 0 radical (unpaired) electrons. The Hall–Kier alpha value is -2.12. The summed E-state index contributed by atoms with van der Waals surface area (Å²) in [6, 6.07) is 10.6. The quantitative estimate of drug-likeness (QED) is 0.425. The van der Waals surface area contributed by atoms with Crippen LogP contribution in [0.5, 0.6) is 0 Å². The van der Waals surface area contributed by atoms with Crippen molar-refractivity contribution in [3.8, 4) is 0 Å². The summed E-state index contributed by atoms with van der Waals surface area (Å²) in [6.07, 6.45) is 1.88.